The van der Waals surface area contributed by atoms with Crippen molar-refractivity contribution in [2.24, 2.45) is 5.92 Å². The lowest BCUT2D eigenvalue weighted by Crippen LogP contribution is -2.48. The number of hydrogen-bond donors (Lipinski definition) is 1. The average molecular weight is 502 g/mol. The fourth-order valence-corrected chi connectivity index (χ4v) is 4.72. The van der Waals surface area contributed by atoms with Gasteiger partial charge in [-0.05, 0) is 48.2 Å². The Labute approximate surface area is 203 Å². The Bertz CT molecular complexity index is 888. The van der Waals surface area contributed by atoms with E-state index in [1.54, 1.807) is 42.2 Å². The number of rotatable bonds is 10. The molecule has 1 atom stereocenters. The number of hydrogen-bond acceptors (Lipinski definition) is 3. The highest BCUT2D eigenvalue weighted by Gasteiger charge is 2.26. The molecule has 8 heteroatoms. The molecule has 168 valence electrons. The summed E-state index contributed by atoms with van der Waals surface area (Å²) in [6.45, 7) is 6.64. The van der Waals surface area contributed by atoms with E-state index in [2.05, 4.69) is 5.32 Å². The van der Waals surface area contributed by atoms with Crippen LogP contribution >= 0.6 is 46.6 Å². The van der Waals surface area contributed by atoms with E-state index in [-0.39, 0.29) is 17.6 Å². The molecule has 0 saturated carbocycles. The quantitative estimate of drug-likeness (QED) is 0.430. The molecule has 2 amide bonds. The zero-order valence-corrected chi connectivity index (χ0v) is 20.9. The SMILES string of the molecule is CC(C)CNC(=O)[C@H](C)N(Cc1cccc(Cl)c1)C(=O)CSCc1c(Cl)cccc1Cl. The van der Waals surface area contributed by atoms with E-state index in [4.69, 9.17) is 34.8 Å². The van der Waals surface area contributed by atoms with Crippen molar-refractivity contribution < 1.29 is 9.59 Å². The summed E-state index contributed by atoms with van der Waals surface area (Å²) in [6, 6.07) is 12.0. The predicted octanol–water partition coefficient (Wildman–Crippen LogP) is 6.07. The first-order valence-electron chi connectivity index (χ1n) is 10.0. The van der Waals surface area contributed by atoms with Crippen LogP contribution in [0.1, 0.15) is 31.9 Å². The molecule has 4 nitrogen and oxygen atoms in total. The summed E-state index contributed by atoms with van der Waals surface area (Å²) in [5.74, 6) is 0.709. The summed E-state index contributed by atoms with van der Waals surface area (Å²) in [5.41, 5.74) is 1.66. The van der Waals surface area contributed by atoms with Gasteiger partial charge in [-0.3, -0.25) is 9.59 Å². The van der Waals surface area contributed by atoms with Gasteiger partial charge >= 0.3 is 0 Å². The van der Waals surface area contributed by atoms with Gasteiger partial charge in [0.2, 0.25) is 11.8 Å². The number of carbonyl (C=O) groups is 2. The van der Waals surface area contributed by atoms with Crippen molar-refractivity contribution in [1.29, 1.82) is 0 Å². The van der Waals surface area contributed by atoms with Crippen LogP contribution in [-0.2, 0) is 21.9 Å². The van der Waals surface area contributed by atoms with Crippen LogP contribution in [0.5, 0.6) is 0 Å². The van der Waals surface area contributed by atoms with Crippen molar-refractivity contribution in [3.63, 3.8) is 0 Å². The number of halogens is 3. The monoisotopic (exact) mass is 500 g/mol. The Morgan fingerprint density at radius 1 is 1.03 bits per heavy atom. The second kappa shape index (κ2) is 12.6. The van der Waals surface area contributed by atoms with Crippen LogP contribution < -0.4 is 5.32 Å². The van der Waals surface area contributed by atoms with Crippen molar-refractivity contribution in [3.8, 4) is 0 Å². The molecule has 0 spiro atoms. The minimum absolute atomic E-state index is 0.139. The number of benzene rings is 2. The third-order valence-corrected chi connectivity index (χ3v) is 6.51. The lowest BCUT2D eigenvalue weighted by atomic mass is 10.1. The zero-order valence-electron chi connectivity index (χ0n) is 17.8. The van der Waals surface area contributed by atoms with Crippen molar-refractivity contribution in [2.45, 2.75) is 39.1 Å². The zero-order chi connectivity index (χ0) is 23.0. The van der Waals surface area contributed by atoms with Crippen LogP contribution in [0, 0.1) is 5.92 Å². The van der Waals surface area contributed by atoms with Gasteiger partial charge in [0, 0.05) is 33.9 Å². The Balaban J connectivity index is 2.10. The standard InChI is InChI=1S/C23H27Cl3N2O2S/c1-15(2)11-27-23(30)16(3)28(12-17-6-4-7-18(24)10-17)22(29)14-31-13-19-20(25)8-5-9-21(19)26/h4-10,15-16H,11-14H2,1-3H3,(H,27,30)/t16-/m0/s1. The molecule has 0 saturated heterocycles. The van der Waals surface area contributed by atoms with Crippen LogP contribution in [0.2, 0.25) is 15.1 Å². The van der Waals surface area contributed by atoms with Crippen LogP contribution in [0.25, 0.3) is 0 Å². The summed E-state index contributed by atoms with van der Waals surface area (Å²) in [5, 5.41) is 4.65. The van der Waals surface area contributed by atoms with Crippen LogP contribution in [0.3, 0.4) is 0 Å². The minimum atomic E-state index is -0.616. The summed E-state index contributed by atoms with van der Waals surface area (Å²) >= 11 is 20.0. The highest BCUT2D eigenvalue weighted by Crippen LogP contribution is 2.28. The summed E-state index contributed by atoms with van der Waals surface area (Å²) < 4.78 is 0. The predicted molar refractivity (Wildman–Crippen MR) is 132 cm³/mol. The van der Waals surface area contributed by atoms with Gasteiger partial charge in [-0.1, -0.05) is 66.8 Å². The van der Waals surface area contributed by atoms with E-state index in [0.29, 0.717) is 39.8 Å². The van der Waals surface area contributed by atoms with Gasteiger partial charge in [0.15, 0.2) is 0 Å². The third kappa shape index (κ3) is 8.23. The Kier molecular flexibility index (Phi) is 10.5. The molecule has 0 aliphatic heterocycles. The molecule has 0 fully saturated rings. The van der Waals surface area contributed by atoms with Gasteiger partial charge in [-0.25, -0.2) is 0 Å². The molecule has 0 unspecified atom stereocenters. The molecule has 0 bridgehead atoms. The molecule has 2 aromatic carbocycles. The molecule has 0 aromatic heterocycles. The summed E-state index contributed by atoms with van der Waals surface area (Å²) in [7, 11) is 0. The molecule has 0 aliphatic carbocycles. The van der Waals surface area contributed by atoms with Gasteiger partial charge in [-0.2, -0.15) is 0 Å². The Morgan fingerprint density at radius 3 is 2.29 bits per heavy atom. The molecule has 31 heavy (non-hydrogen) atoms. The van der Waals surface area contributed by atoms with E-state index in [9.17, 15) is 9.59 Å². The summed E-state index contributed by atoms with van der Waals surface area (Å²) in [4.78, 5) is 27.4. The van der Waals surface area contributed by atoms with Gasteiger partial charge in [0.1, 0.15) is 6.04 Å². The number of thioether (sulfide) groups is 1. The molecule has 2 aromatic rings. The Hall–Kier alpha value is -1.40. The van der Waals surface area contributed by atoms with E-state index in [0.717, 1.165) is 11.1 Å². The molecular weight excluding hydrogens is 475 g/mol. The number of amides is 2. The minimum Gasteiger partial charge on any atom is -0.354 e. The van der Waals surface area contributed by atoms with Crippen LogP contribution in [0.15, 0.2) is 42.5 Å². The number of carbonyl (C=O) groups excluding carboxylic acids is 2. The van der Waals surface area contributed by atoms with Crippen LogP contribution in [-0.4, -0.2) is 35.1 Å². The number of nitrogens with zero attached hydrogens (tertiary/aromatic N) is 1. The van der Waals surface area contributed by atoms with Crippen molar-refractivity contribution in [3.05, 3.63) is 68.7 Å². The number of nitrogens with one attached hydrogen (secondary N) is 1. The van der Waals surface area contributed by atoms with E-state index >= 15 is 0 Å². The fourth-order valence-electron chi connectivity index (χ4n) is 2.86. The van der Waals surface area contributed by atoms with E-state index < -0.39 is 6.04 Å². The van der Waals surface area contributed by atoms with Gasteiger partial charge in [-0.15, -0.1) is 11.8 Å². The largest absolute Gasteiger partial charge is 0.354 e. The maximum Gasteiger partial charge on any atom is 0.242 e. The van der Waals surface area contributed by atoms with Crippen LogP contribution in [0.4, 0.5) is 0 Å². The van der Waals surface area contributed by atoms with E-state index in [1.165, 1.54) is 11.8 Å². The molecular formula is C23H27Cl3N2O2S. The van der Waals surface area contributed by atoms with Crippen molar-refractivity contribution in [2.75, 3.05) is 12.3 Å². The molecule has 0 heterocycles. The van der Waals surface area contributed by atoms with Crippen molar-refractivity contribution >= 4 is 58.4 Å². The highest BCUT2D eigenvalue weighted by molar-refractivity contribution is 7.99. The lowest BCUT2D eigenvalue weighted by molar-refractivity contribution is -0.138. The Morgan fingerprint density at radius 2 is 1.68 bits per heavy atom. The lowest BCUT2D eigenvalue weighted by Gasteiger charge is -2.29. The van der Waals surface area contributed by atoms with Gasteiger partial charge < -0.3 is 10.2 Å². The second-order valence-corrected chi connectivity index (χ2v) is 9.90. The highest BCUT2D eigenvalue weighted by atomic mass is 35.5. The first-order valence-corrected chi connectivity index (χ1v) is 12.3. The first kappa shape index (κ1) is 25.9. The summed E-state index contributed by atoms with van der Waals surface area (Å²) in [6.07, 6.45) is 0. The molecule has 2 rings (SSSR count). The topological polar surface area (TPSA) is 49.4 Å². The van der Waals surface area contributed by atoms with E-state index in [1.807, 2.05) is 26.0 Å². The fraction of sp³-hybridized carbons (Fsp3) is 0.391. The van der Waals surface area contributed by atoms with Crippen molar-refractivity contribution in [1.82, 2.24) is 10.2 Å². The molecule has 1 N–H and O–H groups in total. The third-order valence-electron chi connectivity index (χ3n) is 4.63. The normalized spacial score (nSPS) is 12.0. The van der Waals surface area contributed by atoms with Gasteiger partial charge in [0.05, 0.1) is 5.75 Å². The second-order valence-electron chi connectivity index (χ2n) is 7.66. The first-order chi connectivity index (χ1) is 14.7. The maximum absolute atomic E-state index is 13.1. The molecule has 0 aliphatic rings. The maximum atomic E-state index is 13.1. The average Bonchev–Trinajstić information content (AvgIpc) is 2.71. The van der Waals surface area contributed by atoms with Gasteiger partial charge in [0.25, 0.3) is 0 Å². The molecule has 0 radical (unpaired) electrons. The smallest absolute Gasteiger partial charge is 0.242 e.